The van der Waals surface area contributed by atoms with Gasteiger partial charge in [-0.15, -0.1) is 0 Å². The minimum absolute atomic E-state index is 0.0462. The van der Waals surface area contributed by atoms with Crippen LogP contribution in [0, 0.1) is 18.8 Å². The number of carbonyl (C=O) groups excluding carboxylic acids is 1. The van der Waals surface area contributed by atoms with E-state index in [1.807, 2.05) is 20.0 Å². The summed E-state index contributed by atoms with van der Waals surface area (Å²) in [5, 5.41) is 7.30. The van der Waals surface area contributed by atoms with Crippen LogP contribution in [-0.4, -0.2) is 46.8 Å². The van der Waals surface area contributed by atoms with Crippen molar-refractivity contribution >= 4 is 5.91 Å². The molecule has 3 rings (SSSR count). The standard InChI is InChI=1S/C19H30N4O/c1-15-12-18(21-22(15)2)19(24)20-13-16-8-10-23(11-9-16)14-17-6-4-3-5-7-17/h3-4,12,16-17H,5-11,13-14H2,1-2H3,(H,20,24)/t17-/m1/s1. The van der Waals surface area contributed by atoms with Gasteiger partial charge in [0.25, 0.3) is 5.91 Å². The van der Waals surface area contributed by atoms with Crippen LogP contribution in [0.2, 0.25) is 0 Å². The number of aromatic nitrogens is 2. The van der Waals surface area contributed by atoms with Crippen molar-refractivity contribution in [1.82, 2.24) is 20.0 Å². The molecule has 1 aromatic heterocycles. The van der Waals surface area contributed by atoms with E-state index in [4.69, 9.17) is 0 Å². The molecule has 1 atom stereocenters. The van der Waals surface area contributed by atoms with E-state index in [1.165, 1.54) is 51.7 Å². The van der Waals surface area contributed by atoms with Crippen molar-refractivity contribution in [3.63, 3.8) is 0 Å². The lowest BCUT2D eigenvalue weighted by Gasteiger charge is -2.34. The fourth-order valence-corrected chi connectivity index (χ4v) is 3.76. The molecule has 5 nitrogen and oxygen atoms in total. The zero-order valence-corrected chi connectivity index (χ0v) is 15.0. The lowest BCUT2D eigenvalue weighted by atomic mass is 9.91. The first-order chi connectivity index (χ1) is 11.6. The normalized spacial score (nSPS) is 22.7. The number of hydrogen-bond donors (Lipinski definition) is 1. The Kier molecular flexibility index (Phi) is 5.72. The van der Waals surface area contributed by atoms with Gasteiger partial charge in [-0.25, -0.2) is 0 Å². The molecule has 0 bridgehead atoms. The van der Waals surface area contributed by atoms with Crippen molar-refractivity contribution in [2.75, 3.05) is 26.2 Å². The number of nitrogens with one attached hydrogen (secondary N) is 1. The van der Waals surface area contributed by atoms with Gasteiger partial charge in [0.2, 0.25) is 0 Å². The Morgan fingerprint density at radius 1 is 1.25 bits per heavy atom. The van der Waals surface area contributed by atoms with Crippen molar-refractivity contribution in [1.29, 1.82) is 0 Å². The molecule has 2 heterocycles. The van der Waals surface area contributed by atoms with Gasteiger partial charge in [-0.3, -0.25) is 9.48 Å². The van der Waals surface area contributed by atoms with Crippen molar-refractivity contribution in [2.24, 2.45) is 18.9 Å². The monoisotopic (exact) mass is 330 g/mol. The number of likely N-dealkylation sites (tertiary alicyclic amines) is 1. The summed E-state index contributed by atoms with van der Waals surface area (Å²) in [6, 6.07) is 1.84. The molecule has 0 radical (unpaired) electrons. The number of piperidine rings is 1. The van der Waals surface area contributed by atoms with Crippen LogP contribution in [-0.2, 0) is 7.05 Å². The van der Waals surface area contributed by atoms with E-state index in [0.717, 1.165) is 18.2 Å². The van der Waals surface area contributed by atoms with Crippen molar-refractivity contribution in [3.8, 4) is 0 Å². The van der Waals surface area contributed by atoms with Gasteiger partial charge in [0.15, 0.2) is 0 Å². The molecule has 1 amide bonds. The van der Waals surface area contributed by atoms with Gasteiger partial charge in [-0.2, -0.15) is 5.10 Å². The van der Waals surface area contributed by atoms with E-state index >= 15 is 0 Å². The van der Waals surface area contributed by atoms with Crippen LogP contribution in [0.4, 0.5) is 0 Å². The summed E-state index contributed by atoms with van der Waals surface area (Å²) in [5.74, 6) is 1.40. The van der Waals surface area contributed by atoms with Gasteiger partial charge in [0, 0.05) is 25.8 Å². The van der Waals surface area contributed by atoms with E-state index in [1.54, 1.807) is 4.68 Å². The molecule has 132 valence electrons. The van der Waals surface area contributed by atoms with Crippen molar-refractivity contribution in [3.05, 3.63) is 29.6 Å². The molecule has 1 fully saturated rings. The van der Waals surface area contributed by atoms with Gasteiger partial charge in [-0.05, 0) is 70.0 Å². The Balaban J connectivity index is 1.37. The smallest absolute Gasteiger partial charge is 0.271 e. The number of carbonyl (C=O) groups is 1. The molecule has 0 aromatic carbocycles. The minimum Gasteiger partial charge on any atom is -0.350 e. The van der Waals surface area contributed by atoms with Gasteiger partial charge < -0.3 is 10.2 Å². The number of hydrogen-bond acceptors (Lipinski definition) is 3. The molecule has 5 heteroatoms. The van der Waals surface area contributed by atoms with E-state index < -0.39 is 0 Å². The first-order valence-corrected chi connectivity index (χ1v) is 9.28. The number of nitrogens with zero attached hydrogens (tertiary/aromatic N) is 3. The molecule has 1 aliphatic heterocycles. The molecule has 1 aliphatic carbocycles. The maximum atomic E-state index is 12.2. The fourth-order valence-electron chi connectivity index (χ4n) is 3.76. The summed E-state index contributed by atoms with van der Waals surface area (Å²) >= 11 is 0. The molecule has 0 saturated carbocycles. The molecular formula is C19H30N4O. The average Bonchev–Trinajstić information content (AvgIpc) is 2.94. The highest BCUT2D eigenvalue weighted by molar-refractivity contribution is 5.92. The molecule has 0 spiro atoms. The second kappa shape index (κ2) is 7.97. The zero-order chi connectivity index (χ0) is 16.9. The second-order valence-electron chi connectivity index (χ2n) is 7.40. The Bertz CT molecular complexity index is 565. The highest BCUT2D eigenvalue weighted by Crippen LogP contribution is 2.23. The van der Waals surface area contributed by atoms with Gasteiger partial charge >= 0.3 is 0 Å². The summed E-state index contributed by atoms with van der Waals surface area (Å²) in [6.07, 6.45) is 10.9. The maximum Gasteiger partial charge on any atom is 0.271 e. The Morgan fingerprint density at radius 2 is 2.04 bits per heavy atom. The van der Waals surface area contributed by atoms with Gasteiger partial charge in [0.1, 0.15) is 5.69 Å². The van der Waals surface area contributed by atoms with Gasteiger partial charge in [0.05, 0.1) is 0 Å². The molecule has 1 aromatic rings. The van der Waals surface area contributed by atoms with E-state index in [0.29, 0.717) is 11.6 Å². The number of amides is 1. The third-order valence-electron chi connectivity index (χ3n) is 5.50. The number of rotatable bonds is 5. The van der Waals surface area contributed by atoms with Crippen LogP contribution in [0.25, 0.3) is 0 Å². The summed E-state index contributed by atoms with van der Waals surface area (Å²) in [6.45, 7) is 6.32. The van der Waals surface area contributed by atoms with Crippen LogP contribution >= 0.6 is 0 Å². The predicted molar refractivity (Wildman–Crippen MR) is 95.9 cm³/mol. The minimum atomic E-state index is -0.0462. The first kappa shape index (κ1) is 17.2. The van der Waals surface area contributed by atoms with Crippen molar-refractivity contribution in [2.45, 2.75) is 39.0 Å². The largest absolute Gasteiger partial charge is 0.350 e. The van der Waals surface area contributed by atoms with Crippen LogP contribution in [0.1, 0.15) is 48.3 Å². The summed E-state index contributed by atoms with van der Waals surface area (Å²) in [4.78, 5) is 14.8. The zero-order valence-electron chi connectivity index (χ0n) is 15.0. The number of aryl methyl sites for hydroxylation is 2. The predicted octanol–water partition coefficient (Wildman–Crippen LogP) is 2.53. The number of allylic oxidation sites excluding steroid dienone is 2. The van der Waals surface area contributed by atoms with Crippen LogP contribution in [0.15, 0.2) is 18.2 Å². The third-order valence-corrected chi connectivity index (χ3v) is 5.50. The highest BCUT2D eigenvalue weighted by atomic mass is 16.1. The van der Waals surface area contributed by atoms with Gasteiger partial charge in [-0.1, -0.05) is 12.2 Å². The lowest BCUT2D eigenvalue weighted by molar-refractivity contribution is 0.0927. The van der Waals surface area contributed by atoms with Crippen LogP contribution < -0.4 is 5.32 Å². The summed E-state index contributed by atoms with van der Waals surface area (Å²) in [7, 11) is 1.87. The SMILES string of the molecule is Cc1cc(C(=O)NCC2CCN(C[C@@H]3CC=CCC3)CC2)nn1C. The quantitative estimate of drug-likeness (QED) is 0.844. The first-order valence-electron chi connectivity index (χ1n) is 9.28. The van der Waals surface area contributed by atoms with Crippen LogP contribution in [0.5, 0.6) is 0 Å². The summed E-state index contributed by atoms with van der Waals surface area (Å²) in [5.41, 5.74) is 1.53. The third kappa shape index (κ3) is 4.47. The Hall–Kier alpha value is -1.62. The average molecular weight is 330 g/mol. The Labute approximate surface area is 145 Å². The molecule has 0 unspecified atom stereocenters. The second-order valence-corrected chi connectivity index (χ2v) is 7.40. The fraction of sp³-hybridized carbons (Fsp3) is 0.684. The van der Waals surface area contributed by atoms with Crippen molar-refractivity contribution < 1.29 is 4.79 Å². The van der Waals surface area contributed by atoms with Crippen LogP contribution in [0.3, 0.4) is 0 Å². The maximum absolute atomic E-state index is 12.2. The molecule has 1 N–H and O–H groups in total. The van der Waals surface area contributed by atoms with E-state index in [2.05, 4.69) is 27.5 Å². The molecule has 1 saturated heterocycles. The molecular weight excluding hydrogens is 300 g/mol. The summed E-state index contributed by atoms with van der Waals surface area (Å²) < 4.78 is 1.74. The van der Waals surface area contributed by atoms with E-state index in [9.17, 15) is 4.79 Å². The topological polar surface area (TPSA) is 50.2 Å². The molecule has 24 heavy (non-hydrogen) atoms. The molecule has 2 aliphatic rings. The highest BCUT2D eigenvalue weighted by Gasteiger charge is 2.22. The Morgan fingerprint density at radius 3 is 2.67 bits per heavy atom. The van der Waals surface area contributed by atoms with E-state index in [-0.39, 0.29) is 5.91 Å². The lowest BCUT2D eigenvalue weighted by Crippen LogP contribution is -2.40.